The first kappa shape index (κ1) is 17.7. The molecule has 0 fully saturated rings. The molecule has 134 valence electrons. The normalized spacial score (nSPS) is 10.7. The number of hydrogen-bond acceptors (Lipinski definition) is 5. The van der Waals surface area contributed by atoms with E-state index in [-0.39, 0.29) is 5.91 Å². The van der Waals surface area contributed by atoms with Gasteiger partial charge in [-0.05, 0) is 36.4 Å². The Hall–Kier alpha value is -2.74. The number of hydrogen-bond donors (Lipinski definition) is 1. The minimum Gasteiger partial charge on any atom is -0.298 e. The van der Waals surface area contributed by atoms with Crippen molar-refractivity contribution < 1.29 is 4.79 Å². The number of nitrogens with one attached hydrogen (secondary N) is 1. The molecule has 0 saturated heterocycles. The van der Waals surface area contributed by atoms with Crippen molar-refractivity contribution in [3.05, 3.63) is 76.0 Å². The fourth-order valence-corrected chi connectivity index (χ4v) is 3.59. The van der Waals surface area contributed by atoms with Crippen molar-refractivity contribution in [2.24, 2.45) is 0 Å². The molecule has 3 aromatic heterocycles. The zero-order valence-electron chi connectivity index (χ0n) is 13.6. The molecule has 0 bridgehead atoms. The maximum absolute atomic E-state index is 12.4. The molecule has 9 heteroatoms. The summed E-state index contributed by atoms with van der Waals surface area (Å²) in [5, 5.41) is 10.2. The number of rotatable bonds is 4. The number of amides is 1. The minimum atomic E-state index is -0.294. The highest BCUT2D eigenvalue weighted by atomic mass is 35.5. The maximum atomic E-state index is 12.4. The molecule has 27 heavy (non-hydrogen) atoms. The van der Waals surface area contributed by atoms with Gasteiger partial charge in [0.15, 0.2) is 10.9 Å². The number of anilines is 1. The third-order valence-electron chi connectivity index (χ3n) is 3.68. The molecule has 0 aliphatic heterocycles. The molecule has 0 saturated carbocycles. The van der Waals surface area contributed by atoms with E-state index in [9.17, 15) is 4.79 Å². The molecule has 1 N–H and O–H groups in total. The second-order valence-corrected chi connectivity index (χ2v) is 7.17. The molecule has 4 aromatic rings. The van der Waals surface area contributed by atoms with Crippen molar-refractivity contribution in [1.29, 1.82) is 0 Å². The SMILES string of the molecule is O=C(Nc1nc(-c2ccc(Cl)cc2Cl)cs1)c1ccc(-n2cccn2)nc1. The van der Waals surface area contributed by atoms with Gasteiger partial charge in [0, 0.05) is 34.6 Å². The fourth-order valence-electron chi connectivity index (χ4n) is 2.38. The number of carbonyl (C=O) groups is 1. The number of nitrogens with zero attached hydrogens (tertiary/aromatic N) is 4. The van der Waals surface area contributed by atoms with Crippen LogP contribution in [0.4, 0.5) is 5.13 Å². The van der Waals surface area contributed by atoms with E-state index >= 15 is 0 Å². The first-order valence-corrected chi connectivity index (χ1v) is 9.42. The number of aromatic nitrogens is 4. The lowest BCUT2D eigenvalue weighted by Crippen LogP contribution is -2.12. The Morgan fingerprint density at radius 3 is 2.78 bits per heavy atom. The lowest BCUT2D eigenvalue weighted by atomic mass is 10.2. The smallest absolute Gasteiger partial charge is 0.259 e. The molecule has 1 aromatic carbocycles. The van der Waals surface area contributed by atoms with Crippen LogP contribution in [0.5, 0.6) is 0 Å². The minimum absolute atomic E-state index is 0.294. The Kier molecular flexibility index (Phi) is 4.89. The van der Waals surface area contributed by atoms with Crippen molar-refractivity contribution in [2.75, 3.05) is 5.32 Å². The second-order valence-electron chi connectivity index (χ2n) is 5.47. The number of halogens is 2. The van der Waals surface area contributed by atoms with Crippen LogP contribution in [0.2, 0.25) is 10.0 Å². The topological polar surface area (TPSA) is 72.7 Å². The predicted octanol–water partition coefficient (Wildman–Crippen LogP) is 4.95. The highest BCUT2D eigenvalue weighted by Gasteiger charge is 2.12. The van der Waals surface area contributed by atoms with E-state index in [4.69, 9.17) is 23.2 Å². The lowest BCUT2D eigenvalue weighted by Gasteiger charge is -2.04. The largest absolute Gasteiger partial charge is 0.298 e. The average Bonchev–Trinajstić information content (AvgIpc) is 3.34. The monoisotopic (exact) mass is 415 g/mol. The summed E-state index contributed by atoms with van der Waals surface area (Å²) in [6.07, 6.45) is 4.94. The summed E-state index contributed by atoms with van der Waals surface area (Å²) >= 11 is 13.4. The van der Waals surface area contributed by atoms with Crippen LogP contribution < -0.4 is 5.32 Å². The molecule has 6 nitrogen and oxygen atoms in total. The van der Waals surface area contributed by atoms with Crippen LogP contribution in [0, 0.1) is 0 Å². The number of benzene rings is 1. The molecular formula is C18H11Cl2N5OS. The van der Waals surface area contributed by atoms with Gasteiger partial charge in [-0.3, -0.25) is 10.1 Å². The molecule has 0 unspecified atom stereocenters. The van der Waals surface area contributed by atoms with E-state index in [1.165, 1.54) is 17.5 Å². The summed E-state index contributed by atoms with van der Waals surface area (Å²) < 4.78 is 1.62. The summed E-state index contributed by atoms with van der Waals surface area (Å²) in [6.45, 7) is 0. The molecule has 0 radical (unpaired) electrons. The van der Waals surface area contributed by atoms with Crippen LogP contribution in [0.3, 0.4) is 0 Å². The van der Waals surface area contributed by atoms with Gasteiger partial charge < -0.3 is 0 Å². The van der Waals surface area contributed by atoms with Crippen molar-refractivity contribution in [1.82, 2.24) is 19.7 Å². The Bertz CT molecular complexity index is 1090. The third kappa shape index (κ3) is 3.85. The van der Waals surface area contributed by atoms with E-state index in [0.717, 1.165) is 5.56 Å². The molecule has 0 aliphatic carbocycles. The second kappa shape index (κ2) is 7.48. The van der Waals surface area contributed by atoms with E-state index in [2.05, 4.69) is 20.4 Å². The molecular weight excluding hydrogens is 405 g/mol. The van der Waals surface area contributed by atoms with Gasteiger partial charge >= 0.3 is 0 Å². The van der Waals surface area contributed by atoms with Crippen LogP contribution in [0.1, 0.15) is 10.4 Å². The summed E-state index contributed by atoms with van der Waals surface area (Å²) in [6, 6.07) is 10.4. The Morgan fingerprint density at radius 1 is 1.19 bits per heavy atom. The van der Waals surface area contributed by atoms with Crippen LogP contribution in [0.25, 0.3) is 17.1 Å². The van der Waals surface area contributed by atoms with Gasteiger partial charge in [-0.25, -0.2) is 14.6 Å². The van der Waals surface area contributed by atoms with Crippen LogP contribution in [-0.2, 0) is 0 Å². The summed E-state index contributed by atoms with van der Waals surface area (Å²) in [5.74, 6) is 0.336. The molecule has 0 atom stereocenters. The highest BCUT2D eigenvalue weighted by Crippen LogP contribution is 2.32. The predicted molar refractivity (Wildman–Crippen MR) is 107 cm³/mol. The van der Waals surface area contributed by atoms with E-state index in [0.29, 0.717) is 32.3 Å². The van der Waals surface area contributed by atoms with Gasteiger partial charge in [0.1, 0.15) is 0 Å². The average molecular weight is 416 g/mol. The standard InChI is InChI=1S/C18H11Cl2N5OS/c19-12-3-4-13(14(20)8-12)15-10-27-18(23-15)24-17(26)11-2-5-16(21-9-11)25-7-1-6-22-25/h1-10H,(H,23,24,26). The van der Waals surface area contributed by atoms with Gasteiger partial charge in [0.05, 0.1) is 16.3 Å². The summed E-state index contributed by atoms with van der Waals surface area (Å²) in [4.78, 5) is 21.1. The maximum Gasteiger partial charge on any atom is 0.259 e. The summed E-state index contributed by atoms with van der Waals surface area (Å²) in [7, 11) is 0. The van der Waals surface area contributed by atoms with Gasteiger partial charge in [-0.1, -0.05) is 23.2 Å². The van der Waals surface area contributed by atoms with Crippen molar-refractivity contribution in [3.63, 3.8) is 0 Å². The van der Waals surface area contributed by atoms with Crippen molar-refractivity contribution in [2.45, 2.75) is 0 Å². The van der Waals surface area contributed by atoms with E-state index in [1.807, 2.05) is 5.38 Å². The molecule has 4 rings (SSSR count). The van der Waals surface area contributed by atoms with E-state index < -0.39 is 0 Å². The highest BCUT2D eigenvalue weighted by molar-refractivity contribution is 7.14. The van der Waals surface area contributed by atoms with Gasteiger partial charge in [-0.2, -0.15) is 5.10 Å². The number of carbonyl (C=O) groups excluding carboxylic acids is 1. The fraction of sp³-hybridized carbons (Fsp3) is 0. The zero-order chi connectivity index (χ0) is 18.8. The van der Waals surface area contributed by atoms with Crippen molar-refractivity contribution >= 4 is 45.6 Å². The summed E-state index contributed by atoms with van der Waals surface area (Å²) in [5.41, 5.74) is 1.85. The quantitative estimate of drug-likeness (QED) is 0.511. The Balaban J connectivity index is 1.49. The van der Waals surface area contributed by atoms with Crippen LogP contribution in [-0.4, -0.2) is 25.7 Å². The molecule has 0 spiro atoms. The van der Waals surface area contributed by atoms with Gasteiger partial charge in [-0.15, -0.1) is 11.3 Å². The lowest BCUT2D eigenvalue weighted by molar-refractivity contribution is 0.102. The third-order valence-corrected chi connectivity index (χ3v) is 4.99. The molecule has 3 heterocycles. The van der Waals surface area contributed by atoms with Gasteiger partial charge in [0.2, 0.25) is 0 Å². The van der Waals surface area contributed by atoms with Crippen LogP contribution >= 0.6 is 34.5 Å². The van der Waals surface area contributed by atoms with Gasteiger partial charge in [0.25, 0.3) is 5.91 Å². The van der Waals surface area contributed by atoms with Crippen LogP contribution in [0.15, 0.2) is 60.4 Å². The zero-order valence-corrected chi connectivity index (χ0v) is 16.0. The molecule has 1 amide bonds. The Morgan fingerprint density at radius 2 is 2.07 bits per heavy atom. The first-order chi connectivity index (χ1) is 13.1. The van der Waals surface area contributed by atoms with E-state index in [1.54, 1.807) is 53.5 Å². The Labute approximate surface area is 168 Å². The first-order valence-electron chi connectivity index (χ1n) is 7.78. The number of thiazole rings is 1. The van der Waals surface area contributed by atoms with Crippen molar-refractivity contribution in [3.8, 4) is 17.1 Å². The molecule has 0 aliphatic rings. The number of pyridine rings is 1.